The van der Waals surface area contributed by atoms with Gasteiger partial charge in [-0.2, -0.15) is 0 Å². The average molecular weight is 464 g/mol. The van der Waals surface area contributed by atoms with Crippen LogP contribution in [0.4, 0.5) is 4.39 Å². The lowest BCUT2D eigenvalue weighted by Gasteiger charge is -2.17. The molecule has 7 nitrogen and oxygen atoms in total. The summed E-state index contributed by atoms with van der Waals surface area (Å²) in [5, 5.41) is 0. The number of aromatic nitrogens is 2. The van der Waals surface area contributed by atoms with E-state index in [9.17, 15) is 14.0 Å². The topological polar surface area (TPSA) is 87.6 Å². The maximum Gasteiger partial charge on any atom is 0.342 e. The molecule has 1 heterocycles. The number of rotatable bonds is 7. The molecule has 0 fully saturated rings. The maximum atomic E-state index is 14.7. The van der Waals surface area contributed by atoms with Gasteiger partial charge in [-0.25, -0.2) is 23.9 Å². The van der Waals surface area contributed by atoms with E-state index < -0.39 is 23.4 Å². The molecule has 0 spiro atoms. The van der Waals surface area contributed by atoms with Gasteiger partial charge in [0.2, 0.25) is 0 Å². The molecule has 8 heteroatoms. The molecule has 0 saturated heterocycles. The Balaban J connectivity index is 1.80. The second-order valence-electron chi connectivity index (χ2n) is 8.30. The first-order valence-electron chi connectivity index (χ1n) is 10.5. The van der Waals surface area contributed by atoms with Crippen LogP contribution < -0.4 is 4.74 Å². The minimum Gasteiger partial charge on any atom is -0.496 e. The molecule has 0 saturated carbocycles. The quantitative estimate of drug-likeness (QED) is 0.359. The number of hydrogen-bond acceptors (Lipinski definition) is 7. The standard InChI is InChI=1S/C26H25FN2O5/c1-26(2,3)34-23(30)11-10-18-14-28-24(29-15-18)19-12-20(22(32-4)13-21(19)27)25(31)33-16-17-8-6-5-7-9-17/h5-15H,16H2,1-4H3/b11-10+. The summed E-state index contributed by atoms with van der Waals surface area (Å²) >= 11 is 0. The van der Waals surface area contributed by atoms with Crippen LogP contribution in [0.5, 0.6) is 5.75 Å². The first-order chi connectivity index (χ1) is 16.2. The lowest BCUT2D eigenvalue weighted by Crippen LogP contribution is -2.22. The van der Waals surface area contributed by atoms with Gasteiger partial charge in [0.25, 0.3) is 0 Å². The number of halogens is 1. The fourth-order valence-electron chi connectivity index (χ4n) is 2.92. The normalized spacial score (nSPS) is 11.3. The Morgan fingerprint density at radius 2 is 1.74 bits per heavy atom. The average Bonchev–Trinajstić information content (AvgIpc) is 2.81. The van der Waals surface area contributed by atoms with E-state index >= 15 is 0 Å². The second-order valence-corrected chi connectivity index (χ2v) is 8.30. The highest BCUT2D eigenvalue weighted by molar-refractivity contribution is 5.94. The van der Waals surface area contributed by atoms with E-state index in [4.69, 9.17) is 14.2 Å². The van der Waals surface area contributed by atoms with Crippen LogP contribution in [0, 0.1) is 5.82 Å². The van der Waals surface area contributed by atoms with Crippen LogP contribution in [0.1, 0.15) is 42.3 Å². The summed E-state index contributed by atoms with van der Waals surface area (Å²) in [5.41, 5.74) is 0.789. The largest absolute Gasteiger partial charge is 0.496 e. The minimum absolute atomic E-state index is 0.00938. The van der Waals surface area contributed by atoms with E-state index in [-0.39, 0.29) is 29.3 Å². The highest BCUT2D eigenvalue weighted by Gasteiger charge is 2.20. The van der Waals surface area contributed by atoms with Crippen molar-refractivity contribution in [2.45, 2.75) is 33.0 Å². The molecule has 3 rings (SSSR count). The molecule has 176 valence electrons. The highest BCUT2D eigenvalue weighted by Crippen LogP contribution is 2.29. The molecule has 0 radical (unpaired) electrons. The van der Waals surface area contributed by atoms with Crippen molar-refractivity contribution in [2.75, 3.05) is 7.11 Å². The summed E-state index contributed by atoms with van der Waals surface area (Å²) in [5.74, 6) is -1.73. The van der Waals surface area contributed by atoms with Crippen molar-refractivity contribution < 1.29 is 28.2 Å². The van der Waals surface area contributed by atoms with Crippen molar-refractivity contribution in [3.8, 4) is 17.1 Å². The van der Waals surface area contributed by atoms with E-state index in [1.807, 2.05) is 30.3 Å². The molecule has 34 heavy (non-hydrogen) atoms. The molecular formula is C26H25FN2O5. The number of carbonyl (C=O) groups excluding carboxylic acids is 2. The zero-order valence-electron chi connectivity index (χ0n) is 19.4. The molecule has 0 unspecified atom stereocenters. The molecule has 2 aromatic carbocycles. The molecule has 0 bridgehead atoms. The van der Waals surface area contributed by atoms with Gasteiger partial charge in [-0.3, -0.25) is 0 Å². The Labute approximate surface area is 197 Å². The van der Waals surface area contributed by atoms with Gasteiger partial charge in [0, 0.05) is 30.1 Å². The van der Waals surface area contributed by atoms with Crippen LogP contribution in [0.15, 0.2) is 60.9 Å². The molecule has 0 amide bonds. The number of nitrogens with zero attached hydrogens (tertiary/aromatic N) is 2. The SMILES string of the molecule is COc1cc(F)c(-c2ncc(/C=C/C(=O)OC(C)(C)C)cn2)cc1C(=O)OCc1ccccc1. The third-order valence-electron chi connectivity index (χ3n) is 4.45. The smallest absolute Gasteiger partial charge is 0.342 e. The molecule has 1 aromatic heterocycles. The van der Waals surface area contributed by atoms with Crippen molar-refractivity contribution in [3.63, 3.8) is 0 Å². The Kier molecular flexibility index (Phi) is 7.73. The Morgan fingerprint density at radius 3 is 2.35 bits per heavy atom. The van der Waals surface area contributed by atoms with Gasteiger partial charge in [-0.1, -0.05) is 30.3 Å². The van der Waals surface area contributed by atoms with Crippen molar-refractivity contribution in [1.82, 2.24) is 9.97 Å². The molecule has 0 aliphatic heterocycles. The number of hydrogen-bond donors (Lipinski definition) is 0. The van der Waals surface area contributed by atoms with Crippen molar-refractivity contribution in [1.29, 1.82) is 0 Å². The van der Waals surface area contributed by atoms with E-state index in [2.05, 4.69) is 9.97 Å². The molecule has 0 aliphatic carbocycles. The molecule has 3 aromatic rings. The van der Waals surface area contributed by atoms with Crippen LogP contribution in [0.2, 0.25) is 0 Å². The summed E-state index contributed by atoms with van der Waals surface area (Å²) in [6, 6.07) is 11.6. The third-order valence-corrected chi connectivity index (χ3v) is 4.45. The molecule has 0 aliphatic rings. The van der Waals surface area contributed by atoms with Gasteiger partial charge in [0.05, 0.1) is 12.7 Å². The second kappa shape index (κ2) is 10.7. The highest BCUT2D eigenvalue weighted by atomic mass is 19.1. The Hall–Kier alpha value is -4.07. The van der Waals surface area contributed by atoms with Crippen LogP contribution >= 0.6 is 0 Å². The summed E-state index contributed by atoms with van der Waals surface area (Å²) in [6.45, 7) is 5.37. The zero-order chi connectivity index (χ0) is 24.7. The van der Waals surface area contributed by atoms with Crippen molar-refractivity contribution >= 4 is 18.0 Å². The molecule has 0 atom stereocenters. The number of esters is 2. The number of ether oxygens (including phenoxy) is 3. The first kappa shape index (κ1) is 24.6. The van der Waals surface area contributed by atoms with Crippen LogP contribution in [0.25, 0.3) is 17.5 Å². The number of benzene rings is 2. The van der Waals surface area contributed by atoms with E-state index in [1.165, 1.54) is 37.7 Å². The van der Waals surface area contributed by atoms with Crippen molar-refractivity contribution in [3.05, 3.63) is 83.4 Å². The van der Waals surface area contributed by atoms with Gasteiger partial charge in [0.15, 0.2) is 5.82 Å². The summed E-state index contributed by atoms with van der Waals surface area (Å²) in [4.78, 5) is 32.8. The molecule has 0 N–H and O–H groups in total. The van der Waals surface area contributed by atoms with Gasteiger partial charge >= 0.3 is 11.9 Å². The van der Waals surface area contributed by atoms with E-state index in [1.54, 1.807) is 20.8 Å². The summed E-state index contributed by atoms with van der Waals surface area (Å²) in [6.07, 6.45) is 5.62. The summed E-state index contributed by atoms with van der Waals surface area (Å²) < 4.78 is 30.5. The molecular weight excluding hydrogens is 439 g/mol. The van der Waals surface area contributed by atoms with Gasteiger partial charge in [0.1, 0.15) is 29.3 Å². The fourth-order valence-corrected chi connectivity index (χ4v) is 2.92. The summed E-state index contributed by atoms with van der Waals surface area (Å²) in [7, 11) is 1.34. The van der Waals surface area contributed by atoms with Crippen LogP contribution in [-0.4, -0.2) is 34.6 Å². The predicted molar refractivity (Wildman–Crippen MR) is 124 cm³/mol. The van der Waals surface area contributed by atoms with E-state index in [0.29, 0.717) is 5.56 Å². The van der Waals surface area contributed by atoms with Gasteiger partial charge in [-0.15, -0.1) is 0 Å². The fraction of sp³-hybridized carbons (Fsp3) is 0.231. The monoisotopic (exact) mass is 464 g/mol. The number of carbonyl (C=O) groups is 2. The van der Waals surface area contributed by atoms with Gasteiger partial charge < -0.3 is 14.2 Å². The third kappa shape index (κ3) is 6.71. The maximum absolute atomic E-state index is 14.7. The van der Waals surface area contributed by atoms with Crippen LogP contribution in [-0.2, 0) is 20.9 Å². The lowest BCUT2D eigenvalue weighted by atomic mass is 10.1. The zero-order valence-corrected chi connectivity index (χ0v) is 19.4. The Morgan fingerprint density at radius 1 is 1.06 bits per heavy atom. The van der Waals surface area contributed by atoms with E-state index in [0.717, 1.165) is 11.6 Å². The predicted octanol–water partition coefficient (Wildman–Crippen LogP) is 5.00. The Bertz CT molecular complexity index is 1190. The van der Waals surface area contributed by atoms with Crippen LogP contribution in [0.3, 0.4) is 0 Å². The lowest BCUT2D eigenvalue weighted by molar-refractivity contribution is -0.148. The first-order valence-corrected chi connectivity index (χ1v) is 10.5. The minimum atomic E-state index is -0.668. The number of methoxy groups -OCH3 is 1. The van der Waals surface area contributed by atoms with Crippen molar-refractivity contribution in [2.24, 2.45) is 0 Å². The van der Waals surface area contributed by atoms with Gasteiger partial charge in [-0.05, 0) is 38.5 Å².